The zero-order valence-corrected chi connectivity index (χ0v) is 10.4. The molecule has 0 aromatic carbocycles. The molecule has 3 nitrogen and oxygen atoms in total. The molecule has 0 amide bonds. The van der Waals surface area contributed by atoms with Crippen LogP contribution >= 0.6 is 0 Å². The third-order valence-electron chi connectivity index (χ3n) is 3.49. The van der Waals surface area contributed by atoms with E-state index in [1.807, 2.05) is 0 Å². The molecule has 2 N–H and O–H groups in total. The lowest BCUT2D eigenvalue weighted by Gasteiger charge is -2.37. The van der Waals surface area contributed by atoms with E-state index in [-0.39, 0.29) is 6.61 Å². The highest BCUT2D eigenvalue weighted by Crippen LogP contribution is 2.16. The number of piperidine rings is 1. The molecule has 0 radical (unpaired) electrons. The molecule has 1 aliphatic heterocycles. The normalized spacial score (nSPS) is 30.4. The van der Waals surface area contributed by atoms with Crippen molar-refractivity contribution < 1.29 is 5.11 Å². The molecule has 0 aromatic heterocycles. The summed E-state index contributed by atoms with van der Waals surface area (Å²) in [5.74, 6) is 0.379. The van der Waals surface area contributed by atoms with Crippen LogP contribution in [0.15, 0.2) is 0 Å². The average Bonchev–Trinajstić information content (AvgIpc) is 2.26. The minimum atomic E-state index is 0.288. The number of likely N-dealkylation sites (tertiary alicyclic amines) is 1. The Kier molecular flexibility index (Phi) is 5.58. The molecule has 1 saturated heterocycles. The average molecular weight is 214 g/mol. The van der Waals surface area contributed by atoms with Crippen molar-refractivity contribution in [1.82, 2.24) is 10.2 Å². The molecule has 0 aromatic rings. The first-order chi connectivity index (χ1) is 7.17. The van der Waals surface area contributed by atoms with Crippen LogP contribution in [0.3, 0.4) is 0 Å². The van der Waals surface area contributed by atoms with Gasteiger partial charge >= 0.3 is 0 Å². The van der Waals surface area contributed by atoms with Crippen LogP contribution in [0.2, 0.25) is 0 Å². The van der Waals surface area contributed by atoms with Gasteiger partial charge in [-0.2, -0.15) is 0 Å². The topological polar surface area (TPSA) is 35.5 Å². The summed E-state index contributed by atoms with van der Waals surface area (Å²) in [6.07, 6.45) is 2.49. The Bertz CT molecular complexity index is 175. The van der Waals surface area contributed by atoms with Gasteiger partial charge in [0, 0.05) is 25.2 Å². The summed E-state index contributed by atoms with van der Waals surface area (Å²) < 4.78 is 0. The standard InChI is InChI=1S/C12H26N2O/c1-4-14-6-5-12(7-11(14)3)13-8-10(2)9-15/h10-13,15H,4-9H2,1-3H3. The van der Waals surface area contributed by atoms with Crippen LogP contribution in [0.25, 0.3) is 0 Å². The number of aliphatic hydroxyl groups is 1. The highest BCUT2D eigenvalue weighted by atomic mass is 16.3. The molecule has 3 heteroatoms. The molecule has 0 spiro atoms. The maximum atomic E-state index is 8.95. The van der Waals surface area contributed by atoms with E-state index < -0.39 is 0 Å². The van der Waals surface area contributed by atoms with Crippen LogP contribution in [0, 0.1) is 5.92 Å². The van der Waals surface area contributed by atoms with Crippen molar-refractivity contribution in [1.29, 1.82) is 0 Å². The lowest BCUT2D eigenvalue weighted by atomic mass is 9.98. The molecule has 0 bridgehead atoms. The second kappa shape index (κ2) is 6.46. The van der Waals surface area contributed by atoms with Crippen LogP contribution in [0.4, 0.5) is 0 Å². The van der Waals surface area contributed by atoms with E-state index in [2.05, 4.69) is 31.0 Å². The Morgan fingerprint density at radius 2 is 2.27 bits per heavy atom. The summed E-state index contributed by atoms with van der Waals surface area (Å²) in [6.45, 7) is 10.2. The van der Waals surface area contributed by atoms with Gasteiger partial charge in [0.25, 0.3) is 0 Å². The van der Waals surface area contributed by atoms with Crippen molar-refractivity contribution in [2.75, 3.05) is 26.2 Å². The van der Waals surface area contributed by atoms with Crippen LogP contribution in [0.5, 0.6) is 0 Å². The highest BCUT2D eigenvalue weighted by molar-refractivity contribution is 4.82. The predicted molar refractivity (Wildman–Crippen MR) is 64.0 cm³/mol. The molecular formula is C12H26N2O. The summed E-state index contributed by atoms with van der Waals surface area (Å²) in [5, 5.41) is 12.5. The molecule has 1 rings (SSSR count). The van der Waals surface area contributed by atoms with E-state index in [0.29, 0.717) is 18.0 Å². The van der Waals surface area contributed by atoms with E-state index in [9.17, 15) is 0 Å². The van der Waals surface area contributed by atoms with Gasteiger partial charge in [0.05, 0.1) is 0 Å². The number of hydrogen-bond acceptors (Lipinski definition) is 3. The third kappa shape index (κ3) is 4.09. The molecule has 1 aliphatic rings. The summed E-state index contributed by atoms with van der Waals surface area (Å²) in [5.41, 5.74) is 0. The Labute approximate surface area is 93.9 Å². The molecule has 3 atom stereocenters. The first-order valence-corrected chi connectivity index (χ1v) is 6.25. The molecule has 0 saturated carbocycles. The predicted octanol–water partition coefficient (Wildman–Crippen LogP) is 1.08. The zero-order chi connectivity index (χ0) is 11.3. The van der Waals surface area contributed by atoms with E-state index in [4.69, 9.17) is 5.11 Å². The second-order valence-electron chi connectivity index (χ2n) is 4.89. The van der Waals surface area contributed by atoms with E-state index in [1.165, 1.54) is 25.9 Å². The Morgan fingerprint density at radius 1 is 1.53 bits per heavy atom. The SMILES string of the molecule is CCN1CCC(NCC(C)CO)CC1C. The maximum absolute atomic E-state index is 8.95. The van der Waals surface area contributed by atoms with Gasteiger partial charge in [-0.1, -0.05) is 13.8 Å². The van der Waals surface area contributed by atoms with E-state index in [0.717, 1.165) is 6.54 Å². The smallest absolute Gasteiger partial charge is 0.0468 e. The fourth-order valence-corrected chi connectivity index (χ4v) is 2.31. The van der Waals surface area contributed by atoms with Gasteiger partial charge in [-0.15, -0.1) is 0 Å². The van der Waals surface area contributed by atoms with Gasteiger partial charge in [0.15, 0.2) is 0 Å². The highest BCUT2D eigenvalue weighted by Gasteiger charge is 2.23. The van der Waals surface area contributed by atoms with Gasteiger partial charge in [0.2, 0.25) is 0 Å². The van der Waals surface area contributed by atoms with Crippen molar-refractivity contribution in [2.24, 2.45) is 5.92 Å². The quantitative estimate of drug-likeness (QED) is 0.719. The maximum Gasteiger partial charge on any atom is 0.0468 e. The molecule has 3 unspecified atom stereocenters. The first kappa shape index (κ1) is 12.9. The van der Waals surface area contributed by atoms with Crippen LogP contribution in [-0.4, -0.2) is 48.3 Å². The van der Waals surface area contributed by atoms with Gasteiger partial charge in [0.1, 0.15) is 0 Å². The monoisotopic (exact) mass is 214 g/mol. The van der Waals surface area contributed by atoms with Crippen LogP contribution < -0.4 is 5.32 Å². The fourth-order valence-electron chi connectivity index (χ4n) is 2.31. The zero-order valence-electron chi connectivity index (χ0n) is 10.4. The second-order valence-corrected chi connectivity index (χ2v) is 4.89. The Morgan fingerprint density at radius 3 is 2.80 bits per heavy atom. The number of nitrogens with zero attached hydrogens (tertiary/aromatic N) is 1. The fraction of sp³-hybridized carbons (Fsp3) is 1.00. The number of aliphatic hydroxyl groups excluding tert-OH is 1. The van der Waals surface area contributed by atoms with Gasteiger partial charge < -0.3 is 15.3 Å². The van der Waals surface area contributed by atoms with Crippen molar-refractivity contribution in [3.05, 3.63) is 0 Å². The number of nitrogens with one attached hydrogen (secondary N) is 1. The van der Waals surface area contributed by atoms with Gasteiger partial charge in [-0.05, 0) is 38.8 Å². The van der Waals surface area contributed by atoms with Crippen molar-refractivity contribution in [3.63, 3.8) is 0 Å². The third-order valence-corrected chi connectivity index (χ3v) is 3.49. The Hall–Kier alpha value is -0.120. The lowest BCUT2D eigenvalue weighted by molar-refractivity contribution is 0.138. The minimum Gasteiger partial charge on any atom is -0.396 e. The van der Waals surface area contributed by atoms with E-state index >= 15 is 0 Å². The molecule has 1 heterocycles. The summed E-state index contributed by atoms with van der Waals surface area (Å²) in [7, 11) is 0. The Balaban J connectivity index is 2.22. The largest absolute Gasteiger partial charge is 0.396 e. The lowest BCUT2D eigenvalue weighted by Crippen LogP contribution is -2.48. The van der Waals surface area contributed by atoms with E-state index in [1.54, 1.807) is 0 Å². The van der Waals surface area contributed by atoms with Crippen LogP contribution in [-0.2, 0) is 0 Å². The molecule has 0 aliphatic carbocycles. The molecule has 1 fully saturated rings. The molecule has 90 valence electrons. The summed E-state index contributed by atoms with van der Waals surface area (Å²) >= 11 is 0. The number of rotatable bonds is 5. The van der Waals surface area contributed by atoms with Crippen molar-refractivity contribution in [2.45, 2.75) is 45.7 Å². The minimum absolute atomic E-state index is 0.288. The summed E-state index contributed by atoms with van der Waals surface area (Å²) in [4.78, 5) is 2.54. The molecule has 15 heavy (non-hydrogen) atoms. The summed E-state index contributed by atoms with van der Waals surface area (Å²) in [6, 6.07) is 1.35. The van der Waals surface area contributed by atoms with Gasteiger partial charge in [-0.25, -0.2) is 0 Å². The van der Waals surface area contributed by atoms with Crippen LogP contribution in [0.1, 0.15) is 33.6 Å². The molecular weight excluding hydrogens is 188 g/mol. The van der Waals surface area contributed by atoms with Gasteiger partial charge in [-0.3, -0.25) is 0 Å². The van der Waals surface area contributed by atoms with Crippen molar-refractivity contribution in [3.8, 4) is 0 Å². The first-order valence-electron chi connectivity index (χ1n) is 6.25. The number of hydrogen-bond donors (Lipinski definition) is 2. The van der Waals surface area contributed by atoms with Crippen molar-refractivity contribution >= 4 is 0 Å².